The van der Waals surface area contributed by atoms with Crippen LogP contribution in [-0.2, 0) is 23.4 Å². The normalized spacial score (nSPS) is 21.9. The largest absolute Gasteiger partial charge is 0.468 e. The van der Waals surface area contributed by atoms with Crippen molar-refractivity contribution in [3.05, 3.63) is 75.3 Å². The first-order chi connectivity index (χ1) is 17.6. The third-order valence-electron chi connectivity index (χ3n) is 5.72. The third kappa shape index (κ3) is 5.97. The number of methoxy groups -OCH3 is 1. The van der Waals surface area contributed by atoms with Crippen LogP contribution in [0.5, 0.6) is 5.75 Å². The van der Waals surface area contributed by atoms with Gasteiger partial charge in [0.15, 0.2) is 0 Å². The number of halogens is 1. The van der Waals surface area contributed by atoms with E-state index in [4.69, 9.17) is 13.8 Å². The minimum Gasteiger partial charge on any atom is -0.468 e. The smallest absolute Gasteiger partial charge is 0.459 e. The number of aliphatic hydroxyl groups is 1. The molecule has 2 aromatic carbocycles. The monoisotopic (exact) mass is 537 g/mol. The van der Waals surface area contributed by atoms with Crippen LogP contribution in [0, 0.1) is 5.82 Å². The lowest BCUT2D eigenvalue weighted by molar-refractivity contribution is -0.142. The van der Waals surface area contributed by atoms with Gasteiger partial charge in [0, 0.05) is 11.8 Å². The molecule has 0 saturated carbocycles. The van der Waals surface area contributed by atoms with Gasteiger partial charge in [0.2, 0.25) is 5.82 Å². The summed E-state index contributed by atoms with van der Waals surface area (Å²) in [5.41, 5.74) is -2.11. The molecule has 2 unspecified atom stereocenters. The molecule has 37 heavy (non-hydrogen) atoms. The van der Waals surface area contributed by atoms with E-state index < -0.39 is 61.9 Å². The number of nitrogens with zero attached hydrogens (tertiary/aromatic N) is 1. The van der Waals surface area contributed by atoms with Gasteiger partial charge in [-0.15, -0.1) is 0 Å². The van der Waals surface area contributed by atoms with Crippen LogP contribution >= 0.6 is 7.75 Å². The van der Waals surface area contributed by atoms with E-state index in [9.17, 15) is 28.4 Å². The zero-order valence-electron chi connectivity index (χ0n) is 19.8. The van der Waals surface area contributed by atoms with Gasteiger partial charge in [-0.25, -0.2) is 9.36 Å². The second-order valence-corrected chi connectivity index (χ2v) is 10.0. The minimum absolute atomic E-state index is 0.139. The maximum Gasteiger partial charge on any atom is 0.459 e. The predicted molar refractivity (Wildman–Crippen MR) is 129 cm³/mol. The Balaban J connectivity index is 1.55. The molecule has 1 aromatic heterocycles. The van der Waals surface area contributed by atoms with E-state index in [1.165, 1.54) is 14.0 Å². The number of carbonyl (C=O) groups is 1. The summed E-state index contributed by atoms with van der Waals surface area (Å²) in [5.74, 6) is -1.71. The molecule has 5 atom stereocenters. The van der Waals surface area contributed by atoms with Crippen molar-refractivity contribution in [3.8, 4) is 5.75 Å². The molecule has 0 radical (unpaired) electrons. The van der Waals surface area contributed by atoms with E-state index in [-0.39, 0.29) is 12.2 Å². The topological polar surface area (TPSA) is 158 Å². The number of H-pyrrole nitrogens is 1. The first kappa shape index (κ1) is 26.7. The van der Waals surface area contributed by atoms with Gasteiger partial charge in [0.1, 0.15) is 24.1 Å². The van der Waals surface area contributed by atoms with Gasteiger partial charge < -0.3 is 19.1 Å². The van der Waals surface area contributed by atoms with E-state index in [0.717, 1.165) is 9.95 Å². The summed E-state index contributed by atoms with van der Waals surface area (Å²) in [6, 6.07) is 11.2. The SMILES string of the molecule is COC(=O)[C@H](C)NP(=O)(OC[C@H]1O[C@@H](n2cc(F)c(=O)[nH]c2=O)CC1O)Oc1cccc2ccccc12. The summed E-state index contributed by atoms with van der Waals surface area (Å²) in [4.78, 5) is 37.2. The Bertz CT molecular complexity index is 1450. The molecule has 3 N–H and O–H groups in total. The molecular formula is C23H25FN3O9P. The predicted octanol–water partition coefficient (Wildman–Crippen LogP) is 1.83. The molecule has 198 valence electrons. The zero-order valence-corrected chi connectivity index (χ0v) is 20.7. The third-order valence-corrected chi connectivity index (χ3v) is 7.35. The van der Waals surface area contributed by atoms with Gasteiger partial charge in [0.05, 0.1) is 26.0 Å². The van der Waals surface area contributed by atoms with Crippen molar-refractivity contribution in [3.63, 3.8) is 0 Å². The number of rotatable bonds is 9. The summed E-state index contributed by atoms with van der Waals surface area (Å²) < 4.78 is 49.9. The minimum atomic E-state index is -4.28. The summed E-state index contributed by atoms with van der Waals surface area (Å²) in [6.45, 7) is 0.920. The van der Waals surface area contributed by atoms with E-state index in [1.54, 1.807) is 24.3 Å². The van der Waals surface area contributed by atoms with Gasteiger partial charge in [-0.1, -0.05) is 36.4 Å². The molecule has 0 spiro atoms. The lowest BCUT2D eigenvalue weighted by Gasteiger charge is -2.25. The number of aliphatic hydroxyl groups excluding tert-OH is 1. The number of aromatic nitrogens is 2. The lowest BCUT2D eigenvalue weighted by Crippen LogP contribution is -2.36. The standard InChI is InChI=1S/C23H25FN3O9P/c1-13(22(30)33-2)26-37(32,36-18-9-5-7-14-6-3-4-8-15(14)18)34-12-19-17(28)10-20(35-19)27-11-16(24)21(29)25-23(27)31/h3-9,11,13,17,19-20,28H,10,12H2,1-2H3,(H,26,32)(H,25,29,31)/t13-,17?,19+,20+,37?/m0/s1. The van der Waals surface area contributed by atoms with Crippen molar-refractivity contribution in [1.29, 1.82) is 0 Å². The van der Waals surface area contributed by atoms with Crippen molar-refractivity contribution < 1.29 is 37.4 Å². The van der Waals surface area contributed by atoms with Crippen LogP contribution in [-0.4, -0.2) is 52.6 Å². The van der Waals surface area contributed by atoms with E-state index >= 15 is 0 Å². The van der Waals surface area contributed by atoms with Crippen LogP contribution in [0.3, 0.4) is 0 Å². The highest BCUT2D eigenvalue weighted by Crippen LogP contribution is 2.47. The van der Waals surface area contributed by atoms with Crippen LogP contribution in [0.25, 0.3) is 10.8 Å². The van der Waals surface area contributed by atoms with Crippen LogP contribution in [0.1, 0.15) is 19.6 Å². The first-order valence-electron chi connectivity index (χ1n) is 11.2. The molecule has 4 rings (SSSR count). The average molecular weight is 537 g/mol. The number of benzene rings is 2. The highest BCUT2D eigenvalue weighted by atomic mass is 31.2. The Morgan fingerprint density at radius 1 is 1.30 bits per heavy atom. The van der Waals surface area contributed by atoms with Gasteiger partial charge in [-0.3, -0.25) is 23.7 Å². The second kappa shape index (κ2) is 11.0. The van der Waals surface area contributed by atoms with Crippen molar-refractivity contribution in [2.75, 3.05) is 13.7 Å². The maximum atomic E-state index is 13.8. The van der Waals surface area contributed by atoms with Gasteiger partial charge in [0.25, 0.3) is 5.56 Å². The number of aromatic amines is 1. The fourth-order valence-electron chi connectivity index (χ4n) is 3.84. The maximum absolute atomic E-state index is 13.8. The molecule has 0 aliphatic carbocycles. The molecular weight excluding hydrogens is 512 g/mol. The Morgan fingerprint density at radius 3 is 2.78 bits per heavy atom. The van der Waals surface area contributed by atoms with Gasteiger partial charge in [-0.2, -0.15) is 9.48 Å². The number of hydrogen-bond donors (Lipinski definition) is 3. The van der Waals surface area contributed by atoms with Crippen LogP contribution in [0.2, 0.25) is 0 Å². The Kier molecular flexibility index (Phi) is 7.90. The molecule has 14 heteroatoms. The fraction of sp³-hybridized carbons (Fsp3) is 0.348. The fourth-order valence-corrected chi connectivity index (χ4v) is 5.36. The highest BCUT2D eigenvalue weighted by Gasteiger charge is 2.39. The number of nitrogens with one attached hydrogen (secondary N) is 2. The van der Waals surface area contributed by atoms with Crippen LogP contribution in [0.15, 0.2) is 58.3 Å². The Morgan fingerprint density at radius 2 is 2.03 bits per heavy atom. The molecule has 1 aliphatic rings. The summed E-state index contributed by atoms with van der Waals surface area (Å²) in [7, 11) is -3.11. The number of esters is 1. The summed E-state index contributed by atoms with van der Waals surface area (Å²) in [6.07, 6.45) is -2.89. The molecule has 12 nitrogen and oxygen atoms in total. The molecule has 1 saturated heterocycles. The van der Waals surface area contributed by atoms with Crippen LogP contribution in [0.4, 0.5) is 4.39 Å². The molecule has 1 fully saturated rings. The van der Waals surface area contributed by atoms with Crippen molar-refractivity contribution in [1.82, 2.24) is 14.6 Å². The highest BCUT2D eigenvalue weighted by molar-refractivity contribution is 7.52. The number of fused-ring (bicyclic) bond motifs is 1. The van der Waals surface area contributed by atoms with Crippen LogP contribution < -0.4 is 20.9 Å². The first-order valence-corrected chi connectivity index (χ1v) is 12.8. The summed E-state index contributed by atoms with van der Waals surface area (Å²) >= 11 is 0. The van der Waals surface area contributed by atoms with Crippen molar-refractivity contribution in [2.45, 2.75) is 37.8 Å². The Labute approximate surface area is 209 Å². The molecule has 0 amide bonds. The van der Waals surface area contributed by atoms with Crippen molar-refractivity contribution >= 4 is 24.5 Å². The number of carbonyl (C=O) groups excluding carboxylic acids is 1. The molecule has 0 bridgehead atoms. The number of hydrogen-bond acceptors (Lipinski definition) is 9. The zero-order chi connectivity index (χ0) is 26.7. The lowest BCUT2D eigenvalue weighted by atomic mass is 10.1. The molecule has 1 aliphatic heterocycles. The quantitative estimate of drug-likeness (QED) is 0.272. The van der Waals surface area contributed by atoms with Gasteiger partial charge in [-0.05, 0) is 18.4 Å². The van der Waals surface area contributed by atoms with E-state index in [0.29, 0.717) is 11.6 Å². The molecule has 2 heterocycles. The second-order valence-electron chi connectivity index (χ2n) is 8.31. The van der Waals surface area contributed by atoms with E-state index in [1.807, 2.05) is 23.2 Å². The molecule has 3 aromatic rings. The van der Waals surface area contributed by atoms with Crippen molar-refractivity contribution in [2.24, 2.45) is 0 Å². The Hall–Kier alpha value is -3.35. The summed E-state index contributed by atoms with van der Waals surface area (Å²) in [5, 5.41) is 14.4. The average Bonchev–Trinajstić information content (AvgIpc) is 3.24. The van der Waals surface area contributed by atoms with Gasteiger partial charge >= 0.3 is 19.4 Å². The number of ether oxygens (including phenoxy) is 2. The van der Waals surface area contributed by atoms with E-state index in [2.05, 4.69) is 9.82 Å².